The third-order valence-electron chi connectivity index (χ3n) is 6.61. The number of pyridine rings is 2. The smallest absolute Gasteiger partial charge is 0.512 e. The SMILES string of the molecule is [Pt+2].[c-]1c(Oc2ccccn2)cc2c(oc3ccccc32)c1Oc1[c-]c(Oc2ccccn2)cc2c1oc1ccccc12. The number of furan rings is 2. The zero-order chi connectivity index (χ0) is 27.2. The monoisotopic (exact) mass is 729 g/mol. The van der Waals surface area contributed by atoms with E-state index in [1.807, 2.05) is 84.9 Å². The first-order valence-corrected chi connectivity index (χ1v) is 12.9. The van der Waals surface area contributed by atoms with Gasteiger partial charge in [0.05, 0.1) is 22.7 Å². The van der Waals surface area contributed by atoms with Gasteiger partial charge >= 0.3 is 21.1 Å². The van der Waals surface area contributed by atoms with E-state index in [4.69, 9.17) is 23.0 Å². The summed E-state index contributed by atoms with van der Waals surface area (Å²) in [7, 11) is 0. The molecule has 0 bridgehead atoms. The van der Waals surface area contributed by atoms with Crippen molar-refractivity contribution in [2.75, 3.05) is 0 Å². The van der Waals surface area contributed by atoms with E-state index in [1.165, 1.54) is 0 Å². The first kappa shape index (κ1) is 25.8. The van der Waals surface area contributed by atoms with Crippen molar-refractivity contribution in [3.05, 3.63) is 122 Å². The molecule has 4 aromatic carbocycles. The molecule has 0 aliphatic rings. The van der Waals surface area contributed by atoms with Crippen LogP contribution in [0.1, 0.15) is 0 Å². The fraction of sp³-hybridized carbons (Fsp3) is 0. The standard InChI is InChI=1S/C34H18N2O5.Pt/c1-3-11-27-23(9-1)25-17-21(37-31-13-5-7-15-35-31)19-29(33(25)40-27)39-30-20-22(38-32-14-6-8-16-36-32)18-26-24-10-2-4-12-28(24)41-34(26)30;/h1-18H;/q-2;+2. The summed E-state index contributed by atoms with van der Waals surface area (Å²) < 4.78 is 31.1. The molecule has 0 unspecified atom stereocenters. The first-order chi connectivity index (χ1) is 20.3. The van der Waals surface area contributed by atoms with Crippen LogP contribution in [-0.2, 0) is 21.1 Å². The van der Waals surface area contributed by atoms with Crippen molar-refractivity contribution in [1.29, 1.82) is 0 Å². The number of benzene rings is 4. The van der Waals surface area contributed by atoms with Crippen molar-refractivity contribution in [3.63, 3.8) is 0 Å². The summed E-state index contributed by atoms with van der Waals surface area (Å²) in [5.74, 6) is 2.30. The van der Waals surface area contributed by atoms with E-state index in [-0.39, 0.29) is 21.1 Å². The normalized spacial score (nSPS) is 11.1. The fourth-order valence-electron chi connectivity index (χ4n) is 4.82. The first-order valence-electron chi connectivity index (χ1n) is 12.9. The van der Waals surface area contributed by atoms with Gasteiger partial charge in [-0.15, -0.1) is 12.1 Å². The molecule has 204 valence electrons. The van der Waals surface area contributed by atoms with Crippen LogP contribution in [0.2, 0.25) is 0 Å². The third-order valence-corrected chi connectivity index (χ3v) is 6.61. The molecule has 4 heterocycles. The van der Waals surface area contributed by atoms with E-state index in [1.54, 1.807) is 24.5 Å². The molecule has 0 amide bonds. The van der Waals surface area contributed by atoms with Gasteiger partial charge in [-0.05, 0) is 24.3 Å². The van der Waals surface area contributed by atoms with Crippen molar-refractivity contribution in [3.8, 4) is 34.8 Å². The molecule has 0 N–H and O–H groups in total. The Balaban J connectivity index is 0.00000288. The van der Waals surface area contributed by atoms with Gasteiger partial charge in [-0.1, -0.05) is 71.4 Å². The van der Waals surface area contributed by atoms with Gasteiger partial charge in [0.25, 0.3) is 0 Å². The van der Waals surface area contributed by atoms with Crippen molar-refractivity contribution < 1.29 is 44.1 Å². The van der Waals surface area contributed by atoms with Gasteiger partial charge in [-0.2, -0.15) is 0 Å². The maximum Gasteiger partial charge on any atom is 2.00 e. The van der Waals surface area contributed by atoms with E-state index < -0.39 is 0 Å². The van der Waals surface area contributed by atoms with Crippen molar-refractivity contribution in [1.82, 2.24) is 9.97 Å². The second-order valence-electron chi connectivity index (χ2n) is 9.25. The molecule has 7 nitrogen and oxygen atoms in total. The van der Waals surface area contributed by atoms with Crippen molar-refractivity contribution in [2.24, 2.45) is 0 Å². The number of para-hydroxylation sites is 2. The summed E-state index contributed by atoms with van der Waals surface area (Å²) in [5, 5.41) is 3.44. The summed E-state index contributed by atoms with van der Waals surface area (Å²) in [5.41, 5.74) is 2.43. The van der Waals surface area contributed by atoms with Gasteiger partial charge in [0.1, 0.15) is 11.2 Å². The quantitative estimate of drug-likeness (QED) is 0.158. The van der Waals surface area contributed by atoms with Crippen LogP contribution in [-0.4, -0.2) is 9.97 Å². The second-order valence-corrected chi connectivity index (χ2v) is 9.25. The molecule has 0 spiro atoms. The third kappa shape index (κ3) is 4.64. The summed E-state index contributed by atoms with van der Waals surface area (Å²) >= 11 is 0. The van der Waals surface area contributed by atoms with Crippen molar-refractivity contribution in [2.45, 2.75) is 0 Å². The summed E-state index contributed by atoms with van der Waals surface area (Å²) in [6.45, 7) is 0. The summed E-state index contributed by atoms with van der Waals surface area (Å²) in [6.07, 6.45) is 3.33. The Bertz CT molecular complexity index is 2040. The molecule has 0 aliphatic heterocycles. The van der Waals surface area contributed by atoms with Crippen molar-refractivity contribution >= 4 is 43.9 Å². The van der Waals surface area contributed by atoms with Crippen LogP contribution in [0.4, 0.5) is 0 Å². The van der Waals surface area contributed by atoms with E-state index in [0.717, 1.165) is 21.5 Å². The van der Waals surface area contributed by atoms with Crippen LogP contribution >= 0.6 is 0 Å². The van der Waals surface area contributed by atoms with Crippen LogP contribution in [0.15, 0.2) is 118 Å². The molecule has 0 aliphatic carbocycles. The molecule has 8 aromatic rings. The predicted molar refractivity (Wildman–Crippen MR) is 154 cm³/mol. The average molecular weight is 730 g/mol. The second kappa shape index (κ2) is 10.7. The molecular weight excluding hydrogens is 711 g/mol. The molecule has 0 saturated heterocycles. The minimum atomic E-state index is 0. The van der Waals surface area contributed by atoms with Crippen LogP contribution in [0.25, 0.3) is 43.9 Å². The summed E-state index contributed by atoms with van der Waals surface area (Å²) in [4.78, 5) is 8.57. The van der Waals surface area contributed by atoms with Crippen LogP contribution in [0, 0.1) is 12.1 Å². The van der Waals surface area contributed by atoms with E-state index in [9.17, 15) is 0 Å². The molecule has 42 heavy (non-hydrogen) atoms. The molecular formula is C34H18N2O5Pt. The predicted octanol–water partition coefficient (Wildman–Crippen LogP) is 9.25. The Kier molecular flexibility index (Phi) is 6.57. The number of hydrogen-bond donors (Lipinski definition) is 0. The van der Waals surface area contributed by atoms with E-state index >= 15 is 0 Å². The van der Waals surface area contributed by atoms with Gasteiger partial charge in [-0.25, -0.2) is 9.97 Å². The minimum Gasteiger partial charge on any atom is -0.512 e. The Hall–Kier alpha value is -5.13. The molecule has 0 saturated carbocycles. The van der Waals surface area contributed by atoms with Crippen LogP contribution in [0.3, 0.4) is 0 Å². The Labute approximate surface area is 253 Å². The number of rotatable bonds is 6. The largest absolute Gasteiger partial charge is 2.00 e. The molecule has 8 rings (SSSR count). The molecule has 0 fully saturated rings. The Morgan fingerprint density at radius 3 is 1.40 bits per heavy atom. The van der Waals surface area contributed by atoms with Gasteiger partial charge < -0.3 is 23.0 Å². The van der Waals surface area contributed by atoms with Crippen LogP contribution in [0.5, 0.6) is 34.8 Å². The minimum absolute atomic E-state index is 0. The number of fused-ring (bicyclic) bond motifs is 6. The van der Waals surface area contributed by atoms with Gasteiger partial charge in [0.2, 0.25) is 11.8 Å². The molecule has 0 radical (unpaired) electrons. The Morgan fingerprint density at radius 1 is 0.500 bits per heavy atom. The zero-order valence-electron chi connectivity index (χ0n) is 21.6. The number of ether oxygens (including phenoxy) is 3. The Morgan fingerprint density at radius 2 is 0.952 bits per heavy atom. The van der Waals surface area contributed by atoms with Gasteiger partial charge in [0, 0.05) is 46.8 Å². The molecule has 0 atom stereocenters. The maximum atomic E-state index is 6.52. The van der Waals surface area contributed by atoms with Crippen LogP contribution < -0.4 is 14.2 Å². The van der Waals surface area contributed by atoms with Gasteiger partial charge in [0.15, 0.2) is 0 Å². The number of aromatic nitrogens is 2. The number of hydrogen-bond acceptors (Lipinski definition) is 7. The van der Waals surface area contributed by atoms with E-state index in [2.05, 4.69) is 22.1 Å². The number of nitrogens with zero attached hydrogens (tertiary/aromatic N) is 2. The fourth-order valence-corrected chi connectivity index (χ4v) is 4.82. The summed E-state index contributed by atoms with van der Waals surface area (Å²) in [6, 6.07) is 36.6. The molecule has 4 aromatic heterocycles. The topological polar surface area (TPSA) is 79.8 Å². The maximum absolute atomic E-state index is 6.52. The van der Waals surface area contributed by atoms with Gasteiger partial charge in [-0.3, -0.25) is 0 Å². The molecule has 8 heteroatoms. The zero-order valence-corrected chi connectivity index (χ0v) is 23.9. The van der Waals surface area contributed by atoms with E-state index in [0.29, 0.717) is 57.1 Å². The average Bonchev–Trinajstić information content (AvgIpc) is 3.57.